The number of thiazole rings is 1. The molecule has 0 fully saturated rings. The zero-order valence-electron chi connectivity index (χ0n) is 20.7. The molecular weight excluding hydrogens is 466 g/mol. The van der Waals surface area contributed by atoms with Crippen molar-refractivity contribution in [1.29, 1.82) is 0 Å². The van der Waals surface area contributed by atoms with Crippen molar-refractivity contribution < 1.29 is 18.7 Å². The Labute approximate surface area is 207 Å². The highest BCUT2D eigenvalue weighted by Gasteiger charge is 2.36. The summed E-state index contributed by atoms with van der Waals surface area (Å²) in [7, 11) is 3.14. The Morgan fingerprint density at radius 2 is 1.91 bits per heavy atom. The van der Waals surface area contributed by atoms with Gasteiger partial charge in [-0.05, 0) is 58.0 Å². The molecule has 0 aliphatic carbocycles. The van der Waals surface area contributed by atoms with Crippen LogP contribution in [-0.4, -0.2) is 42.7 Å². The minimum Gasteiger partial charge on any atom is -0.497 e. The topological polar surface area (TPSA) is 86.3 Å². The molecule has 35 heavy (non-hydrogen) atoms. The molecule has 0 saturated heterocycles. The SMILES string of the molecule is CCN(CC)C(=O)C1=C(C)N=c2s/c(=C/c3ccc(C)o3)c(=O)n2[C@@H]1c1cc(OC)ccc1OC. The minimum absolute atomic E-state index is 0.165. The van der Waals surface area contributed by atoms with Gasteiger partial charge in [0.05, 0.1) is 30.0 Å². The van der Waals surface area contributed by atoms with Gasteiger partial charge in [0.1, 0.15) is 29.1 Å². The molecule has 4 rings (SSSR count). The van der Waals surface area contributed by atoms with E-state index in [1.807, 2.05) is 45.9 Å². The molecule has 2 aromatic heterocycles. The monoisotopic (exact) mass is 495 g/mol. The molecule has 1 aliphatic rings. The van der Waals surface area contributed by atoms with Crippen molar-refractivity contribution in [3.8, 4) is 11.5 Å². The number of benzene rings is 1. The fourth-order valence-corrected chi connectivity index (χ4v) is 5.31. The molecule has 1 aromatic carbocycles. The molecular formula is C26H29N3O5S. The fourth-order valence-electron chi connectivity index (χ4n) is 4.28. The number of methoxy groups -OCH3 is 2. The summed E-state index contributed by atoms with van der Waals surface area (Å²) in [6, 6.07) is 8.31. The van der Waals surface area contributed by atoms with E-state index < -0.39 is 6.04 Å². The molecule has 0 unspecified atom stereocenters. The number of aromatic nitrogens is 1. The number of amides is 1. The van der Waals surface area contributed by atoms with E-state index in [1.165, 1.54) is 11.3 Å². The van der Waals surface area contributed by atoms with Crippen LogP contribution in [0.5, 0.6) is 11.5 Å². The summed E-state index contributed by atoms with van der Waals surface area (Å²) in [5.41, 5.74) is 1.40. The number of fused-ring (bicyclic) bond motifs is 1. The van der Waals surface area contributed by atoms with Crippen LogP contribution in [0, 0.1) is 6.92 Å². The Hall–Kier alpha value is -3.59. The van der Waals surface area contributed by atoms with Gasteiger partial charge in [0.15, 0.2) is 4.80 Å². The van der Waals surface area contributed by atoms with Gasteiger partial charge < -0.3 is 18.8 Å². The predicted octanol–water partition coefficient (Wildman–Crippen LogP) is 3.02. The predicted molar refractivity (Wildman–Crippen MR) is 135 cm³/mol. The second-order valence-electron chi connectivity index (χ2n) is 8.12. The molecule has 0 saturated carbocycles. The third kappa shape index (κ3) is 4.43. The van der Waals surface area contributed by atoms with E-state index in [4.69, 9.17) is 18.9 Å². The number of hydrogen-bond acceptors (Lipinski definition) is 7. The highest BCUT2D eigenvalue weighted by Crippen LogP contribution is 2.38. The molecule has 0 bridgehead atoms. The lowest BCUT2D eigenvalue weighted by molar-refractivity contribution is -0.127. The Balaban J connectivity index is 2.03. The van der Waals surface area contributed by atoms with Crippen LogP contribution in [0.2, 0.25) is 0 Å². The first-order valence-corrected chi connectivity index (χ1v) is 12.2. The smallest absolute Gasteiger partial charge is 0.271 e. The van der Waals surface area contributed by atoms with Gasteiger partial charge in [-0.15, -0.1) is 0 Å². The van der Waals surface area contributed by atoms with E-state index in [9.17, 15) is 9.59 Å². The summed E-state index contributed by atoms with van der Waals surface area (Å²) in [5.74, 6) is 2.32. The summed E-state index contributed by atoms with van der Waals surface area (Å²) in [6.45, 7) is 8.59. The van der Waals surface area contributed by atoms with Gasteiger partial charge in [0.25, 0.3) is 11.5 Å². The number of aryl methyl sites for hydroxylation is 1. The highest BCUT2D eigenvalue weighted by atomic mass is 32.1. The molecule has 0 spiro atoms. The van der Waals surface area contributed by atoms with Crippen LogP contribution in [0.3, 0.4) is 0 Å². The van der Waals surface area contributed by atoms with Crippen molar-refractivity contribution in [2.24, 2.45) is 4.99 Å². The van der Waals surface area contributed by atoms with Gasteiger partial charge in [-0.2, -0.15) is 0 Å². The normalized spacial score (nSPS) is 15.6. The van der Waals surface area contributed by atoms with Crippen molar-refractivity contribution >= 4 is 23.3 Å². The summed E-state index contributed by atoms with van der Waals surface area (Å²) in [4.78, 5) is 34.4. The van der Waals surface area contributed by atoms with Gasteiger partial charge >= 0.3 is 0 Å². The molecule has 0 radical (unpaired) electrons. The Kier molecular flexibility index (Phi) is 6.98. The highest BCUT2D eigenvalue weighted by molar-refractivity contribution is 7.07. The molecule has 0 N–H and O–H groups in total. The summed E-state index contributed by atoms with van der Waals surface area (Å²) >= 11 is 1.26. The zero-order valence-corrected chi connectivity index (χ0v) is 21.6. The van der Waals surface area contributed by atoms with Crippen molar-refractivity contribution in [3.63, 3.8) is 0 Å². The Morgan fingerprint density at radius 1 is 1.17 bits per heavy atom. The summed E-state index contributed by atoms with van der Waals surface area (Å²) in [5, 5.41) is 0. The van der Waals surface area contributed by atoms with E-state index in [1.54, 1.807) is 41.9 Å². The molecule has 1 atom stereocenters. The Morgan fingerprint density at radius 3 is 2.51 bits per heavy atom. The number of nitrogens with zero attached hydrogens (tertiary/aromatic N) is 3. The molecule has 184 valence electrons. The van der Waals surface area contributed by atoms with Gasteiger partial charge in [-0.25, -0.2) is 4.99 Å². The number of allylic oxidation sites excluding steroid dienone is 1. The van der Waals surface area contributed by atoms with Crippen LogP contribution < -0.4 is 24.4 Å². The average molecular weight is 496 g/mol. The largest absolute Gasteiger partial charge is 0.497 e. The minimum atomic E-state index is -0.732. The number of carbonyl (C=O) groups excluding carboxylic acids is 1. The standard InChI is InChI=1S/C26H29N3O5S/c1-7-28(8-2)25(31)22-16(4)27-26-29(23(22)19-13-17(32-5)11-12-20(19)33-6)24(30)21(35-26)14-18-10-9-15(3)34-18/h9-14,23H,7-8H2,1-6H3/b21-14+/t23-/m1/s1. The van der Waals surface area contributed by atoms with E-state index in [-0.39, 0.29) is 11.5 Å². The molecule has 1 amide bonds. The van der Waals surface area contributed by atoms with Crippen molar-refractivity contribution in [2.45, 2.75) is 33.7 Å². The molecule has 9 heteroatoms. The molecule has 8 nitrogen and oxygen atoms in total. The lowest BCUT2D eigenvalue weighted by Gasteiger charge is -2.30. The van der Waals surface area contributed by atoms with E-state index in [0.717, 1.165) is 5.76 Å². The van der Waals surface area contributed by atoms with Gasteiger partial charge in [0.2, 0.25) is 0 Å². The van der Waals surface area contributed by atoms with Crippen LogP contribution in [-0.2, 0) is 4.79 Å². The molecule has 3 heterocycles. The lowest BCUT2D eigenvalue weighted by Crippen LogP contribution is -2.43. The lowest BCUT2D eigenvalue weighted by atomic mass is 9.93. The van der Waals surface area contributed by atoms with Crippen LogP contribution in [0.15, 0.2) is 55.8 Å². The summed E-state index contributed by atoms with van der Waals surface area (Å²) < 4.78 is 18.8. The fraction of sp³-hybridized carbons (Fsp3) is 0.346. The van der Waals surface area contributed by atoms with E-state index in [0.29, 0.717) is 56.5 Å². The maximum Gasteiger partial charge on any atom is 0.271 e. The van der Waals surface area contributed by atoms with Crippen molar-refractivity contribution in [3.05, 3.63) is 78.4 Å². The van der Waals surface area contributed by atoms with Crippen LogP contribution in [0.25, 0.3) is 6.08 Å². The van der Waals surface area contributed by atoms with Crippen molar-refractivity contribution in [1.82, 2.24) is 9.47 Å². The second-order valence-corrected chi connectivity index (χ2v) is 9.12. The second kappa shape index (κ2) is 9.95. The Bertz CT molecular complexity index is 1470. The molecule has 3 aromatic rings. The third-order valence-electron chi connectivity index (χ3n) is 6.07. The first-order valence-electron chi connectivity index (χ1n) is 11.4. The number of carbonyl (C=O) groups is 1. The van der Waals surface area contributed by atoms with Gasteiger partial charge in [-0.1, -0.05) is 11.3 Å². The van der Waals surface area contributed by atoms with Crippen molar-refractivity contribution in [2.75, 3.05) is 27.3 Å². The first kappa shape index (κ1) is 24.5. The number of likely N-dealkylation sites (N-methyl/N-ethyl adjacent to an activating group) is 1. The van der Waals surface area contributed by atoms with Gasteiger partial charge in [0, 0.05) is 24.7 Å². The quantitative estimate of drug-likeness (QED) is 0.503. The van der Waals surface area contributed by atoms with Crippen LogP contribution >= 0.6 is 11.3 Å². The van der Waals surface area contributed by atoms with Crippen LogP contribution in [0.1, 0.15) is 43.9 Å². The number of ether oxygens (including phenoxy) is 2. The first-order chi connectivity index (χ1) is 16.8. The number of hydrogen-bond donors (Lipinski definition) is 0. The number of rotatable bonds is 7. The average Bonchev–Trinajstić information content (AvgIpc) is 3.40. The van der Waals surface area contributed by atoms with E-state index >= 15 is 0 Å². The number of furan rings is 1. The van der Waals surface area contributed by atoms with Crippen LogP contribution in [0.4, 0.5) is 0 Å². The molecule has 1 aliphatic heterocycles. The van der Waals surface area contributed by atoms with Gasteiger partial charge in [-0.3, -0.25) is 14.2 Å². The maximum absolute atomic E-state index is 13.8. The maximum atomic E-state index is 13.8. The van der Waals surface area contributed by atoms with E-state index in [2.05, 4.69) is 0 Å². The third-order valence-corrected chi connectivity index (χ3v) is 7.05. The zero-order chi connectivity index (χ0) is 25.3. The summed E-state index contributed by atoms with van der Waals surface area (Å²) in [6.07, 6.45) is 1.71.